The van der Waals surface area contributed by atoms with E-state index in [1.807, 2.05) is 24.3 Å². The van der Waals surface area contributed by atoms with Crippen LogP contribution < -0.4 is 10.6 Å². The summed E-state index contributed by atoms with van der Waals surface area (Å²) in [4.78, 5) is 11.7. The first-order valence-electron chi connectivity index (χ1n) is 8.03. The highest BCUT2D eigenvalue weighted by molar-refractivity contribution is 5.94. The molecular formula is C17H24N2O2. The van der Waals surface area contributed by atoms with Gasteiger partial charge in [-0.3, -0.25) is 4.79 Å². The summed E-state index contributed by atoms with van der Waals surface area (Å²) in [6.07, 6.45) is 5.65. The maximum Gasteiger partial charge on any atom is 0.227 e. The lowest BCUT2D eigenvalue weighted by Crippen LogP contribution is -2.33. The van der Waals surface area contributed by atoms with Crippen LogP contribution in [0.15, 0.2) is 24.3 Å². The number of ether oxygens (including phenoxy) is 1. The fourth-order valence-corrected chi connectivity index (χ4v) is 2.77. The number of benzene rings is 1. The summed E-state index contributed by atoms with van der Waals surface area (Å²) in [7, 11) is 0. The third-order valence-corrected chi connectivity index (χ3v) is 4.29. The maximum absolute atomic E-state index is 11.7. The normalized spacial score (nSPS) is 25.4. The van der Waals surface area contributed by atoms with Gasteiger partial charge in [-0.2, -0.15) is 0 Å². The number of carbonyl (C=O) groups is 1. The largest absolute Gasteiger partial charge is 0.382 e. The van der Waals surface area contributed by atoms with Crippen LogP contribution in [0.25, 0.3) is 0 Å². The lowest BCUT2D eigenvalue weighted by molar-refractivity contribution is -0.117. The molecule has 2 N–H and O–H groups in total. The first kappa shape index (κ1) is 14.4. The van der Waals surface area contributed by atoms with Gasteiger partial charge < -0.3 is 15.4 Å². The quantitative estimate of drug-likeness (QED) is 0.873. The smallest absolute Gasteiger partial charge is 0.227 e. The first-order chi connectivity index (χ1) is 10.2. The van der Waals surface area contributed by atoms with Crippen LogP contribution in [0.4, 0.5) is 11.4 Å². The molecule has 0 aromatic heterocycles. The van der Waals surface area contributed by atoms with Crippen LogP contribution in [-0.4, -0.2) is 24.7 Å². The topological polar surface area (TPSA) is 50.4 Å². The molecule has 4 heteroatoms. The molecule has 4 nitrogen and oxygen atoms in total. The van der Waals surface area contributed by atoms with Crippen LogP contribution in [0.1, 0.15) is 39.0 Å². The Labute approximate surface area is 126 Å². The van der Waals surface area contributed by atoms with Crippen molar-refractivity contribution in [1.82, 2.24) is 0 Å². The second-order valence-electron chi connectivity index (χ2n) is 6.11. The van der Waals surface area contributed by atoms with Crippen molar-refractivity contribution < 1.29 is 9.53 Å². The minimum absolute atomic E-state index is 0.158. The first-order valence-corrected chi connectivity index (χ1v) is 8.03. The van der Waals surface area contributed by atoms with E-state index >= 15 is 0 Å². The fourth-order valence-electron chi connectivity index (χ4n) is 2.77. The van der Waals surface area contributed by atoms with Gasteiger partial charge in [0.05, 0.1) is 6.10 Å². The van der Waals surface area contributed by atoms with E-state index < -0.39 is 0 Å². The van der Waals surface area contributed by atoms with Crippen molar-refractivity contribution in [2.24, 2.45) is 5.92 Å². The van der Waals surface area contributed by atoms with E-state index in [0.717, 1.165) is 50.1 Å². The van der Waals surface area contributed by atoms with Crippen LogP contribution in [0.2, 0.25) is 0 Å². The van der Waals surface area contributed by atoms with Crippen LogP contribution in [0.5, 0.6) is 0 Å². The summed E-state index contributed by atoms with van der Waals surface area (Å²) in [5.74, 6) is 0.405. The van der Waals surface area contributed by atoms with Crippen molar-refractivity contribution in [1.29, 1.82) is 0 Å². The van der Waals surface area contributed by atoms with Crippen molar-refractivity contribution in [3.63, 3.8) is 0 Å². The zero-order valence-corrected chi connectivity index (χ0v) is 12.6. The van der Waals surface area contributed by atoms with E-state index in [2.05, 4.69) is 17.6 Å². The molecular weight excluding hydrogens is 264 g/mol. The van der Waals surface area contributed by atoms with E-state index in [-0.39, 0.29) is 11.8 Å². The van der Waals surface area contributed by atoms with Crippen LogP contribution >= 0.6 is 0 Å². The molecule has 21 heavy (non-hydrogen) atoms. The van der Waals surface area contributed by atoms with Crippen molar-refractivity contribution in [3.8, 4) is 0 Å². The molecule has 1 aliphatic heterocycles. The molecule has 0 bridgehead atoms. The molecule has 0 radical (unpaired) electrons. The van der Waals surface area contributed by atoms with Gasteiger partial charge in [0.2, 0.25) is 5.91 Å². The number of carbonyl (C=O) groups excluding carboxylic acids is 1. The van der Waals surface area contributed by atoms with Crippen LogP contribution in [-0.2, 0) is 9.53 Å². The Hall–Kier alpha value is -1.55. The molecule has 1 saturated heterocycles. The fraction of sp³-hybridized carbons (Fsp3) is 0.588. The molecule has 1 saturated carbocycles. The standard InChI is InChI=1S/C17H24N2O2/c1-2-16-11-15(9-10-21-16)18-13-5-7-14(8-6-13)19-17(20)12-3-4-12/h5-8,12,15-16,18H,2-4,9-11H2,1H3,(H,19,20). The molecule has 1 aromatic rings. The van der Waals surface area contributed by atoms with E-state index in [9.17, 15) is 4.79 Å². The van der Waals surface area contributed by atoms with Gasteiger partial charge in [0, 0.05) is 29.9 Å². The SMILES string of the molecule is CCC1CC(Nc2ccc(NC(=O)C3CC3)cc2)CCO1. The minimum atomic E-state index is 0.158. The van der Waals surface area contributed by atoms with Gasteiger partial charge in [-0.05, 0) is 56.4 Å². The molecule has 1 amide bonds. The summed E-state index contributed by atoms with van der Waals surface area (Å²) in [5, 5.41) is 6.53. The summed E-state index contributed by atoms with van der Waals surface area (Å²) < 4.78 is 5.70. The number of amides is 1. The zero-order valence-electron chi connectivity index (χ0n) is 12.6. The number of nitrogens with one attached hydrogen (secondary N) is 2. The van der Waals surface area contributed by atoms with Gasteiger partial charge in [0.25, 0.3) is 0 Å². The zero-order chi connectivity index (χ0) is 14.7. The van der Waals surface area contributed by atoms with Crippen molar-refractivity contribution in [3.05, 3.63) is 24.3 Å². The molecule has 2 fully saturated rings. The molecule has 1 aliphatic carbocycles. The van der Waals surface area contributed by atoms with Crippen molar-refractivity contribution >= 4 is 17.3 Å². The molecule has 1 aromatic carbocycles. The predicted octanol–water partition coefficient (Wildman–Crippen LogP) is 3.40. The molecule has 2 unspecified atom stereocenters. The summed E-state index contributed by atoms with van der Waals surface area (Å²) in [5.41, 5.74) is 2.00. The van der Waals surface area contributed by atoms with Gasteiger partial charge in [-0.25, -0.2) is 0 Å². The molecule has 3 rings (SSSR count). The third kappa shape index (κ3) is 3.97. The summed E-state index contributed by atoms with van der Waals surface area (Å²) >= 11 is 0. The lowest BCUT2D eigenvalue weighted by atomic mass is 10.0. The Balaban J connectivity index is 1.52. The second-order valence-corrected chi connectivity index (χ2v) is 6.11. The monoisotopic (exact) mass is 288 g/mol. The summed E-state index contributed by atoms with van der Waals surface area (Å²) in [6, 6.07) is 8.51. The Morgan fingerprint density at radius 1 is 1.19 bits per heavy atom. The lowest BCUT2D eigenvalue weighted by Gasteiger charge is -2.30. The number of hydrogen-bond acceptors (Lipinski definition) is 3. The van der Waals surface area contributed by atoms with Gasteiger partial charge >= 0.3 is 0 Å². The second kappa shape index (κ2) is 6.48. The van der Waals surface area contributed by atoms with Crippen LogP contribution in [0, 0.1) is 5.92 Å². The Morgan fingerprint density at radius 2 is 1.90 bits per heavy atom. The van der Waals surface area contributed by atoms with Gasteiger partial charge in [0.15, 0.2) is 0 Å². The molecule has 1 heterocycles. The average molecular weight is 288 g/mol. The highest BCUT2D eigenvalue weighted by Gasteiger charge is 2.29. The van der Waals surface area contributed by atoms with Crippen molar-refractivity contribution in [2.45, 2.75) is 51.2 Å². The third-order valence-electron chi connectivity index (χ3n) is 4.29. The average Bonchev–Trinajstić information content (AvgIpc) is 3.34. The molecule has 0 spiro atoms. The number of rotatable bonds is 5. The molecule has 114 valence electrons. The van der Waals surface area contributed by atoms with E-state index in [0.29, 0.717) is 12.1 Å². The summed E-state index contributed by atoms with van der Waals surface area (Å²) in [6.45, 7) is 3.01. The molecule has 2 aliphatic rings. The van der Waals surface area contributed by atoms with Crippen molar-refractivity contribution in [2.75, 3.05) is 17.2 Å². The van der Waals surface area contributed by atoms with Gasteiger partial charge in [0.1, 0.15) is 0 Å². The van der Waals surface area contributed by atoms with E-state index in [1.54, 1.807) is 0 Å². The highest BCUT2D eigenvalue weighted by atomic mass is 16.5. The molecule has 2 atom stereocenters. The Bertz CT molecular complexity index is 482. The van der Waals surface area contributed by atoms with Gasteiger partial charge in [-0.1, -0.05) is 6.92 Å². The predicted molar refractivity (Wildman–Crippen MR) is 84.5 cm³/mol. The number of hydrogen-bond donors (Lipinski definition) is 2. The van der Waals surface area contributed by atoms with Gasteiger partial charge in [-0.15, -0.1) is 0 Å². The van der Waals surface area contributed by atoms with Crippen LogP contribution in [0.3, 0.4) is 0 Å². The highest BCUT2D eigenvalue weighted by Crippen LogP contribution is 2.30. The minimum Gasteiger partial charge on any atom is -0.382 e. The van der Waals surface area contributed by atoms with E-state index in [4.69, 9.17) is 4.74 Å². The number of anilines is 2. The van der Waals surface area contributed by atoms with E-state index in [1.165, 1.54) is 0 Å². The maximum atomic E-state index is 11.7. The Kier molecular flexibility index (Phi) is 4.44. The Morgan fingerprint density at radius 3 is 2.57 bits per heavy atom.